The van der Waals surface area contributed by atoms with E-state index in [1.807, 2.05) is 55.5 Å². The van der Waals surface area contributed by atoms with Crippen molar-refractivity contribution in [3.8, 4) is 0 Å². The standard InChI is InChI=1S/C23H21NO2S/c1-3-27-21-12-8-7-11-18(21)23(26)24-20-14-13-16(2)15-19(20)22(25)17-9-5-4-6-10-17/h4-15H,3H2,1-2H3,(H,24,26). The van der Waals surface area contributed by atoms with Crippen LogP contribution in [-0.4, -0.2) is 17.4 Å². The summed E-state index contributed by atoms with van der Waals surface area (Å²) in [5.74, 6) is 0.565. The molecule has 1 N–H and O–H groups in total. The number of rotatable bonds is 6. The first kappa shape index (κ1) is 18.9. The van der Waals surface area contributed by atoms with Gasteiger partial charge in [0, 0.05) is 16.0 Å². The minimum absolute atomic E-state index is 0.106. The number of carbonyl (C=O) groups is 2. The third kappa shape index (κ3) is 4.47. The van der Waals surface area contributed by atoms with Gasteiger partial charge in [-0.05, 0) is 36.9 Å². The molecule has 0 fully saturated rings. The van der Waals surface area contributed by atoms with Gasteiger partial charge in [-0.2, -0.15) is 0 Å². The zero-order valence-corrected chi connectivity index (χ0v) is 16.2. The highest BCUT2D eigenvalue weighted by Crippen LogP contribution is 2.25. The average molecular weight is 375 g/mol. The minimum Gasteiger partial charge on any atom is -0.321 e. The zero-order chi connectivity index (χ0) is 19.2. The molecule has 0 unspecified atom stereocenters. The Morgan fingerprint density at radius 3 is 2.33 bits per heavy atom. The summed E-state index contributed by atoms with van der Waals surface area (Å²) in [6, 6.07) is 22.1. The number of nitrogens with one attached hydrogen (secondary N) is 1. The van der Waals surface area contributed by atoms with E-state index in [1.54, 1.807) is 36.0 Å². The molecular formula is C23H21NO2S. The third-order valence-corrected chi connectivity index (χ3v) is 5.09. The molecule has 0 aromatic heterocycles. The van der Waals surface area contributed by atoms with Crippen LogP contribution >= 0.6 is 11.8 Å². The fraction of sp³-hybridized carbons (Fsp3) is 0.130. The fourth-order valence-electron chi connectivity index (χ4n) is 2.83. The Kier molecular flexibility index (Phi) is 6.09. The van der Waals surface area contributed by atoms with Crippen LogP contribution in [0.2, 0.25) is 0 Å². The minimum atomic E-state index is -0.211. The highest BCUT2D eigenvalue weighted by molar-refractivity contribution is 7.99. The van der Waals surface area contributed by atoms with Gasteiger partial charge in [-0.25, -0.2) is 0 Å². The van der Waals surface area contributed by atoms with E-state index < -0.39 is 0 Å². The number of hydrogen-bond donors (Lipinski definition) is 1. The Balaban J connectivity index is 1.94. The summed E-state index contributed by atoms with van der Waals surface area (Å²) in [6.45, 7) is 3.98. The number of benzene rings is 3. The first-order valence-corrected chi connectivity index (χ1v) is 9.82. The number of thioether (sulfide) groups is 1. The number of anilines is 1. The first-order chi connectivity index (χ1) is 13.1. The van der Waals surface area contributed by atoms with E-state index in [0.29, 0.717) is 22.4 Å². The van der Waals surface area contributed by atoms with Crippen molar-refractivity contribution in [2.45, 2.75) is 18.7 Å². The van der Waals surface area contributed by atoms with Crippen molar-refractivity contribution in [2.75, 3.05) is 11.1 Å². The lowest BCUT2D eigenvalue weighted by molar-refractivity contribution is 0.102. The maximum Gasteiger partial charge on any atom is 0.256 e. The van der Waals surface area contributed by atoms with Crippen LogP contribution in [0.5, 0.6) is 0 Å². The molecule has 0 aliphatic carbocycles. The number of ketones is 1. The van der Waals surface area contributed by atoms with Crippen LogP contribution in [0.1, 0.15) is 38.8 Å². The Morgan fingerprint density at radius 2 is 1.59 bits per heavy atom. The van der Waals surface area contributed by atoms with Gasteiger partial charge in [0.05, 0.1) is 11.3 Å². The summed E-state index contributed by atoms with van der Waals surface area (Å²) in [4.78, 5) is 26.8. The van der Waals surface area contributed by atoms with Crippen LogP contribution < -0.4 is 5.32 Å². The van der Waals surface area contributed by atoms with E-state index in [1.165, 1.54) is 0 Å². The maximum absolute atomic E-state index is 13.0. The summed E-state index contributed by atoms with van der Waals surface area (Å²) in [7, 11) is 0. The van der Waals surface area contributed by atoms with Crippen molar-refractivity contribution < 1.29 is 9.59 Å². The monoisotopic (exact) mass is 375 g/mol. The topological polar surface area (TPSA) is 46.2 Å². The Labute approximate surface area is 163 Å². The molecule has 4 heteroatoms. The molecule has 136 valence electrons. The number of carbonyl (C=O) groups excluding carboxylic acids is 2. The van der Waals surface area contributed by atoms with Crippen LogP contribution in [0.15, 0.2) is 77.7 Å². The lowest BCUT2D eigenvalue weighted by Crippen LogP contribution is -2.16. The fourth-order valence-corrected chi connectivity index (χ4v) is 3.63. The van der Waals surface area contributed by atoms with Gasteiger partial charge in [0.15, 0.2) is 5.78 Å². The van der Waals surface area contributed by atoms with Crippen molar-refractivity contribution in [3.63, 3.8) is 0 Å². The summed E-state index contributed by atoms with van der Waals surface area (Å²) in [5, 5.41) is 2.93. The van der Waals surface area contributed by atoms with E-state index in [4.69, 9.17) is 0 Å². The van der Waals surface area contributed by atoms with Crippen LogP contribution in [-0.2, 0) is 0 Å². The van der Waals surface area contributed by atoms with Gasteiger partial charge in [-0.15, -0.1) is 11.8 Å². The highest BCUT2D eigenvalue weighted by Gasteiger charge is 2.17. The second kappa shape index (κ2) is 8.69. The molecule has 3 aromatic rings. The van der Waals surface area contributed by atoms with Gasteiger partial charge in [0.1, 0.15) is 0 Å². The molecule has 0 bridgehead atoms. The predicted octanol–water partition coefficient (Wildman–Crippen LogP) is 5.59. The van der Waals surface area contributed by atoms with E-state index in [2.05, 4.69) is 12.2 Å². The molecular weight excluding hydrogens is 354 g/mol. The van der Waals surface area contributed by atoms with Crippen molar-refractivity contribution in [2.24, 2.45) is 0 Å². The highest BCUT2D eigenvalue weighted by atomic mass is 32.2. The lowest BCUT2D eigenvalue weighted by Gasteiger charge is -2.13. The quantitative estimate of drug-likeness (QED) is 0.451. The van der Waals surface area contributed by atoms with Crippen molar-refractivity contribution in [1.29, 1.82) is 0 Å². The summed E-state index contributed by atoms with van der Waals surface area (Å²) >= 11 is 1.62. The van der Waals surface area contributed by atoms with Crippen molar-refractivity contribution >= 4 is 29.1 Å². The van der Waals surface area contributed by atoms with E-state index in [0.717, 1.165) is 16.2 Å². The molecule has 0 radical (unpaired) electrons. The second-order valence-electron chi connectivity index (χ2n) is 6.13. The van der Waals surface area contributed by atoms with E-state index >= 15 is 0 Å². The molecule has 0 spiro atoms. The largest absolute Gasteiger partial charge is 0.321 e. The Bertz CT molecular complexity index is 967. The zero-order valence-electron chi connectivity index (χ0n) is 15.4. The van der Waals surface area contributed by atoms with Gasteiger partial charge in [0.2, 0.25) is 0 Å². The van der Waals surface area contributed by atoms with Gasteiger partial charge >= 0.3 is 0 Å². The number of hydrogen-bond acceptors (Lipinski definition) is 3. The summed E-state index contributed by atoms with van der Waals surface area (Å²) < 4.78 is 0. The molecule has 0 saturated heterocycles. The third-order valence-electron chi connectivity index (χ3n) is 4.14. The molecule has 1 amide bonds. The van der Waals surface area contributed by atoms with Crippen LogP contribution in [0.25, 0.3) is 0 Å². The molecule has 0 aliphatic heterocycles. The molecule has 3 aromatic carbocycles. The first-order valence-electron chi connectivity index (χ1n) is 8.83. The Morgan fingerprint density at radius 1 is 0.889 bits per heavy atom. The van der Waals surface area contributed by atoms with Gasteiger partial charge in [-0.3, -0.25) is 9.59 Å². The molecule has 27 heavy (non-hydrogen) atoms. The molecule has 0 aliphatic rings. The van der Waals surface area contributed by atoms with Gasteiger partial charge < -0.3 is 5.32 Å². The molecule has 3 rings (SSSR count). The van der Waals surface area contributed by atoms with Crippen LogP contribution in [0.4, 0.5) is 5.69 Å². The smallest absolute Gasteiger partial charge is 0.256 e. The normalized spacial score (nSPS) is 10.4. The van der Waals surface area contributed by atoms with Crippen LogP contribution in [0.3, 0.4) is 0 Å². The van der Waals surface area contributed by atoms with E-state index in [-0.39, 0.29) is 11.7 Å². The molecule has 0 saturated carbocycles. The van der Waals surface area contributed by atoms with Crippen molar-refractivity contribution in [3.05, 3.63) is 95.1 Å². The summed E-state index contributed by atoms with van der Waals surface area (Å²) in [6.07, 6.45) is 0. The molecule has 0 atom stereocenters. The number of amides is 1. The van der Waals surface area contributed by atoms with Crippen LogP contribution in [0, 0.1) is 6.92 Å². The lowest BCUT2D eigenvalue weighted by atomic mass is 9.99. The molecule has 3 nitrogen and oxygen atoms in total. The van der Waals surface area contributed by atoms with E-state index in [9.17, 15) is 9.59 Å². The SMILES string of the molecule is CCSc1ccccc1C(=O)Nc1ccc(C)cc1C(=O)c1ccccc1. The Hall–Kier alpha value is -2.85. The van der Waals surface area contributed by atoms with Gasteiger partial charge in [-0.1, -0.05) is 61.0 Å². The number of aryl methyl sites for hydroxylation is 1. The van der Waals surface area contributed by atoms with Gasteiger partial charge in [0.25, 0.3) is 5.91 Å². The molecule has 0 heterocycles. The predicted molar refractivity (Wildman–Crippen MR) is 112 cm³/mol. The summed E-state index contributed by atoms with van der Waals surface area (Å²) in [5.41, 5.74) is 3.20. The average Bonchev–Trinajstić information content (AvgIpc) is 2.70. The second-order valence-corrected chi connectivity index (χ2v) is 7.43. The van der Waals surface area contributed by atoms with Crippen molar-refractivity contribution in [1.82, 2.24) is 0 Å². The maximum atomic E-state index is 13.0.